The first kappa shape index (κ1) is 18.5. The van der Waals surface area contributed by atoms with Crippen molar-refractivity contribution in [3.8, 4) is 0 Å². The Kier molecular flexibility index (Phi) is 4.93. The fraction of sp³-hybridized carbons (Fsp3) is 0.714. The molecule has 1 aromatic carbocycles. The SMILES string of the molecule is CC1(C)OB(c2ccc(CN3CCN(C4CCC4)CC3)cc2)OC1(C)C. The minimum atomic E-state index is -0.281. The van der Waals surface area contributed by atoms with Crippen LogP contribution in [0.25, 0.3) is 0 Å². The number of piperazine rings is 1. The maximum Gasteiger partial charge on any atom is 0.494 e. The second-order valence-electron chi connectivity index (χ2n) is 9.23. The molecule has 1 aliphatic carbocycles. The Morgan fingerprint density at radius 2 is 1.50 bits per heavy atom. The van der Waals surface area contributed by atoms with E-state index in [1.165, 1.54) is 51.0 Å². The van der Waals surface area contributed by atoms with Gasteiger partial charge in [0, 0.05) is 38.8 Å². The topological polar surface area (TPSA) is 24.9 Å². The van der Waals surface area contributed by atoms with Crippen molar-refractivity contribution in [2.24, 2.45) is 0 Å². The summed E-state index contributed by atoms with van der Waals surface area (Å²) in [5, 5.41) is 0. The van der Waals surface area contributed by atoms with Gasteiger partial charge in [0.2, 0.25) is 0 Å². The summed E-state index contributed by atoms with van der Waals surface area (Å²) in [4.78, 5) is 5.28. The Labute approximate surface area is 159 Å². The maximum absolute atomic E-state index is 6.15. The molecule has 1 aromatic rings. The highest BCUT2D eigenvalue weighted by Crippen LogP contribution is 2.36. The predicted molar refractivity (Wildman–Crippen MR) is 107 cm³/mol. The van der Waals surface area contributed by atoms with Crippen LogP contribution in [0.4, 0.5) is 0 Å². The quantitative estimate of drug-likeness (QED) is 0.775. The number of nitrogens with zero attached hydrogens (tertiary/aromatic N) is 2. The molecule has 4 rings (SSSR count). The van der Waals surface area contributed by atoms with Gasteiger partial charge in [0.05, 0.1) is 11.2 Å². The summed E-state index contributed by atoms with van der Waals surface area (Å²) in [7, 11) is -0.264. The standard InChI is InChI=1S/C21H33BN2O2/c1-20(2)21(3,4)26-22(25-20)18-10-8-17(9-11-18)16-23-12-14-24(15-13-23)19-6-5-7-19/h8-11,19H,5-7,12-16H2,1-4H3. The van der Waals surface area contributed by atoms with Crippen LogP contribution in [0.3, 0.4) is 0 Å². The smallest absolute Gasteiger partial charge is 0.399 e. The van der Waals surface area contributed by atoms with Crippen LogP contribution >= 0.6 is 0 Å². The maximum atomic E-state index is 6.15. The summed E-state index contributed by atoms with van der Waals surface area (Å²) in [5.41, 5.74) is 1.93. The second kappa shape index (κ2) is 6.94. The summed E-state index contributed by atoms with van der Waals surface area (Å²) < 4.78 is 12.3. The van der Waals surface area contributed by atoms with Crippen molar-refractivity contribution in [2.75, 3.05) is 26.2 Å². The van der Waals surface area contributed by atoms with E-state index in [1.54, 1.807) is 0 Å². The zero-order chi connectivity index (χ0) is 18.4. The van der Waals surface area contributed by atoms with Crippen molar-refractivity contribution < 1.29 is 9.31 Å². The number of hydrogen-bond donors (Lipinski definition) is 0. The molecule has 2 heterocycles. The third-order valence-electron chi connectivity index (χ3n) is 6.91. The largest absolute Gasteiger partial charge is 0.494 e. The third-order valence-corrected chi connectivity index (χ3v) is 6.91. The molecule has 3 fully saturated rings. The lowest BCUT2D eigenvalue weighted by Gasteiger charge is -2.43. The van der Waals surface area contributed by atoms with Crippen molar-refractivity contribution in [3.05, 3.63) is 29.8 Å². The average Bonchev–Trinajstić information content (AvgIpc) is 2.76. The fourth-order valence-corrected chi connectivity index (χ4v) is 4.06. The van der Waals surface area contributed by atoms with Gasteiger partial charge >= 0.3 is 7.12 Å². The van der Waals surface area contributed by atoms with Crippen LogP contribution in [0.2, 0.25) is 0 Å². The molecular weight excluding hydrogens is 323 g/mol. The van der Waals surface area contributed by atoms with E-state index in [0.717, 1.165) is 18.0 Å². The number of benzene rings is 1. The Balaban J connectivity index is 1.31. The van der Waals surface area contributed by atoms with Crippen LogP contribution < -0.4 is 5.46 Å². The zero-order valence-electron chi connectivity index (χ0n) is 16.8. The molecule has 0 unspecified atom stereocenters. The molecule has 2 aliphatic heterocycles. The predicted octanol–water partition coefficient (Wildman–Crippen LogP) is 2.66. The first-order valence-corrected chi connectivity index (χ1v) is 10.2. The fourth-order valence-electron chi connectivity index (χ4n) is 4.06. The Hall–Kier alpha value is -0.875. The first-order chi connectivity index (χ1) is 12.3. The molecule has 142 valence electrons. The molecule has 5 heteroatoms. The van der Waals surface area contributed by atoms with Crippen LogP contribution in [0.1, 0.15) is 52.5 Å². The molecule has 26 heavy (non-hydrogen) atoms. The van der Waals surface area contributed by atoms with Crippen molar-refractivity contribution in [1.29, 1.82) is 0 Å². The molecule has 3 aliphatic rings. The van der Waals surface area contributed by atoms with Gasteiger partial charge in [-0.15, -0.1) is 0 Å². The molecular formula is C21H33BN2O2. The van der Waals surface area contributed by atoms with E-state index in [2.05, 4.69) is 61.8 Å². The molecule has 0 amide bonds. The molecule has 0 N–H and O–H groups in total. The average molecular weight is 356 g/mol. The van der Waals surface area contributed by atoms with Gasteiger partial charge < -0.3 is 9.31 Å². The lowest BCUT2D eigenvalue weighted by Crippen LogP contribution is -2.51. The van der Waals surface area contributed by atoms with Gasteiger partial charge in [0.1, 0.15) is 0 Å². The summed E-state index contributed by atoms with van der Waals surface area (Å²) in [6, 6.07) is 9.69. The monoisotopic (exact) mass is 356 g/mol. The summed E-state index contributed by atoms with van der Waals surface area (Å²) in [6.07, 6.45) is 4.26. The molecule has 0 aromatic heterocycles. The van der Waals surface area contributed by atoms with Gasteiger partial charge in [0.15, 0.2) is 0 Å². The van der Waals surface area contributed by atoms with Gasteiger partial charge in [-0.1, -0.05) is 30.7 Å². The van der Waals surface area contributed by atoms with E-state index in [1.807, 2.05) is 0 Å². The Morgan fingerprint density at radius 3 is 2.00 bits per heavy atom. The van der Waals surface area contributed by atoms with Gasteiger partial charge in [-0.25, -0.2) is 0 Å². The zero-order valence-corrected chi connectivity index (χ0v) is 16.8. The van der Waals surface area contributed by atoms with Crippen molar-refractivity contribution >= 4 is 12.6 Å². The highest BCUT2D eigenvalue weighted by Gasteiger charge is 2.51. The van der Waals surface area contributed by atoms with Crippen LogP contribution in [0.15, 0.2) is 24.3 Å². The van der Waals surface area contributed by atoms with Crippen LogP contribution in [-0.2, 0) is 15.9 Å². The number of rotatable bonds is 4. The van der Waals surface area contributed by atoms with Crippen LogP contribution in [0.5, 0.6) is 0 Å². The van der Waals surface area contributed by atoms with Crippen molar-refractivity contribution in [2.45, 2.75) is 70.7 Å². The van der Waals surface area contributed by atoms with E-state index in [9.17, 15) is 0 Å². The van der Waals surface area contributed by atoms with Crippen molar-refractivity contribution in [3.63, 3.8) is 0 Å². The Morgan fingerprint density at radius 1 is 0.923 bits per heavy atom. The lowest BCUT2D eigenvalue weighted by molar-refractivity contribution is 0.00578. The summed E-state index contributed by atoms with van der Waals surface area (Å²) in [6.45, 7) is 14.3. The van der Waals surface area contributed by atoms with Gasteiger partial charge in [0.25, 0.3) is 0 Å². The number of hydrogen-bond acceptors (Lipinski definition) is 4. The van der Waals surface area contributed by atoms with Gasteiger partial charge in [-0.05, 0) is 51.6 Å². The van der Waals surface area contributed by atoms with Crippen molar-refractivity contribution in [1.82, 2.24) is 9.80 Å². The van der Waals surface area contributed by atoms with Crippen LogP contribution in [0, 0.1) is 0 Å². The highest BCUT2D eigenvalue weighted by molar-refractivity contribution is 6.62. The van der Waals surface area contributed by atoms with Gasteiger partial charge in [-0.2, -0.15) is 0 Å². The molecule has 1 saturated carbocycles. The molecule has 0 radical (unpaired) electrons. The normalized spacial score (nSPS) is 26.8. The third kappa shape index (κ3) is 3.59. The summed E-state index contributed by atoms with van der Waals surface area (Å²) >= 11 is 0. The van der Waals surface area contributed by atoms with E-state index < -0.39 is 0 Å². The Bertz CT molecular complexity index is 603. The molecule has 4 nitrogen and oxygen atoms in total. The highest BCUT2D eigenvalue weighted by atomic mass is 16.7. The molecule has 2 saturated heterocycles. The minimum Gasteiger partial charge on any atom is -0.399 e. The second-order valence-corrected chi connectivity index (χ2v) is 9.23. The van der Waals surface area contributed by atoms with E-state index >= 15 is 0 Å². The summed E-state index contributed by atoms with van der Waals surface area (Å²) in [5.74, 6) is 0. The van der Waals surface area contributed by atoms with Crippen LogP contribution in [-0.4, -0.2) is 60.3 Å². The molecule has 0 spiro atoms. The van der Waals surface area contributed by atoms with E-state index in [-0.39, 0.29) is 18.3 Å². The molecule has 0 atom stereocenters. The molecule has 0 bridgehead atoms. The first-order valence-electron chi connectivity index (χ1n) is 10.2. The van der Waals surface area contributed by atoms with E-state index in [0.29, 0.717) is 0 Å². The minimum absolute atomic E-state index is 0.264. The van der Waals surface area contributed by atoms with E-state index in [4.69, 9.17) is 9.31 Å². The van der Waals surface area contributed by atoms with Gasteiger partial charge in [-0.3, -0.25) is 9.80 Å². The lowest BCUT2D eigenvalue weighted by atomic mass is 9.79.